The van der Waals surface area contributed by atoms with E-state index < -0.39 is 0 Å². The van der Waals surface area contributed by atoms with Gasteiger partial charge in [-0.2, -0.15) is 5.26 Å². The third-order valence-electron chi connectivity index (χ3n) is 2.44. The molecule has 1 aliphatic rings. The summed E-state index contributed by atoms with van der Waals surface area (Å²) in [6.07, 6.45) is 0.998. The molecule has 3 nitrogen and oxygen atoms in total. The highest BCUT2D eigenvalue weighted by atomic mass is 16.5. The van der Waals surface area contributed by atoms with E-state index in [2.05, 4.69) is 6.07 Å². The van der Waals surface area contributed by atoms with Crippen LogP contribution in [0.4, 0.5) is 0 Å². The smallest absolute Gasteiger partial charge is 0.137 e. The Morgan fingerprint density at radius 1 is 1.53 bits per heavy atom. The van der Waals surface area contributed by atoms with Gasteiger partial charge in [-0.3, -0.25) is 0 Å². The summed E-state index contributed by atoms with van der Waals surface area (Å²) in [5.74, 6) is 0.674. The van der Waals surface area contributed by atoms with Gasteiger partial charge in [-0.1, -0.05) is 6.07 Å². The first-order chi connectivity index (χ1) is 7.29. The van der Waals surface area contributed by atoms with E-state index >= 15 is 0 Å². The van der Waals surface area contributed by atoms with Crippen molar-refractivity contribution in [1.82, 2.24) is 0 Å². The normalized spacial score (nSPS) is 19.9. The Hall–Kier alpha value is -1.53. The molecule has 1 unspecified atom stereocenters. The van der Waals surface area contributed by atoms with Crippen molar-refractivity contribution in [1.29, 1.82) is 5.26 Å². The zero-order valence-corrected chi connectivity index (χ0v) is 8.69. The van der Waals surface area contributed by atoms with Crippen LogP contribution in [0.15, 0.2) is 18.2 Å². The first kappa shape index (κ1) is 10.0. The molecule has 1 aromatic rings. The Bertz CT molecular complexity index is 389. The zero-order valence-electron chi connectivity index (χ0n) is 8.69. The Balaban J connectivity index is 2.18. The molecule has 0 aromatic heterocycles. The van der Waals surface area contributed by atoms with Gasteiger partial charge in [-0.05, 0) is 24.6 Å². The largest absolute Gasteiger partial charge is 0.487 e. The van der Waals surface area contributed by atoms with Crippen molar-refractivity contribution < 1.29 is 9.47 Å². The molecule has 0 bridgehead atoms. The maximum Gasteiger partial charge on any atom is 0.137 e. The van der Waals surface area contributed by atoms with Gasteiger partial charge in [0.25, 0.3) is 0 Å². The fourth-order valence-corrected chi connectivity index (χ4v) is 1.60. The topological polar surface area (TPSA) is 42.2 Å². The van der Waals surface area contributed by atoms with Crippen molar-refractivity contribution in [3.8, 4) is 11.8 Å². The van der Waals surface area contributed by atoms with Gasteiger partial charge in [0, 0.05) is 6.42 Å². The van der Waals surface area contributed by atoms with Crippen LogP contribution < -0.4 is 4.74 Å². The summed E-state index contributed by atoms with van der Waals surface area (Å²) in [7, 11) is 0. The van der Waals surface area contributed by atoms with E-state index in [4.69, 9.17) is 14.7 Å². The lowest BCUT2D eigenvalue weighted by Crippen LogP contribution is -2.16. The summed E-state index contributed by atoms with van der Waals surface area (Å²) in [6.45, 7) is 3.36. The van der Waals surface area contributed by atoms with Crippen LogP contribution in [0, 0.1) is 18.3 Å². The molecule has 1 atom stereocenters. The fraction of sp³-hybridized carbons (Fsp3) is 0.417. The van der Waals surface area contributed by atoms with Crippen LogP contribution >= 0.6 is 0 Å². The van der Waals surface area contributed by atoms with Crippen LogP contribution in [0.5, 0.6) is 5.75 Å². The molecule has 0 aliphatic carbocycles. The second-order valence-electron chi connectivity index (χ2n) is 3.71. The maximum atomic E-state index is 8.92. The van der Waals surface area contributed by atoms with Crippen LogP contribution in [0.25, 0.3) is 0 Å². The highest BCUT2D eigenvalue weighted by Gasteiger charge is 2.18. The molecule has 2 rings (SSSR count). The van der Waals surface area contributed by atoms with Gasteiger partial charge in [0.05, 0.1) is 18.8 Å². The average molecular weight is 203 g/mol. The minimum atomic E-state index is 0.0962. The highest BCUT2D eigenvalue weighted by Crippen LogP contribution is 2.22. The van der Waals surface area contributed by atoms with Gasteiger partial charge < -0.3 is 9.47 Å². The number of ether oxygens (including phenoxy) is 2. The van der Waals surface area contributed by atoms with Crippen molar-refractivity contribution in [3.63, 3.8) is 0 Å². The molecule has 3 heteroatoms. The van der Waals surface area contributed by atoms with Gasteiger partial charge >= 0.3 is 0 Å². The van der Waals surface area contributed by atoms with Crippen LogP contribution in [-0.2, 0) is 4.74 Å². The lowest BCUT2D eigenvalue weighted by atomic mass is 10.1. The summed E-state index contributed by atoms with van der Waals surface area (Å²) in [4.78, 5) is 0. The molecule has 0 saturated carbocycles. The molecule has 0 N–H and O–H groups in total. The quantitative estimate of drug-likeness (QED) is 0.738. The average Bonchev–Trinajstić information content (AvgIpc) is 2.71. The first-order valence-corrected chi connectivity index (χ1v) is 5.05. The summed E-state index contributed by atoms with van der Waals surface area (Å²) in [5, 5.41) is 8.92. The van der Waals surface area contributed by atoms with E-state index in [0.29, 0.717) is 17.9 Å². The van der Waals surface area contributed by atoms with Crippen LogP contribution in [-0.4, -0.2) is 19.3 Å². The van der Waals surface area contributed by atoms with Crippen LogP contribution in [0.3, 0.4) is 0 Å². The molecule has 0 spiro atoms. The molecule has 1 heterocycles. The van der Waals surface area contributed by atoms with E-state index in [1.165, 1.54) is 0 Å². The van der Waals surface area contributed by atoms with Crippen LogP contribution in [0.1, 0.15) is 17.5 Å². The molecular weight excluding hydrogens is 190 g/mol. The molecular formula is C12H13NO2. The van der Waals surface area contributed by atoms with E-state index in [9.17, 15) is 0 Å². The highest BCUT2D eigenvalue weighted by molar-refractivity contribution is 5.45. The number of hydrogen-bond donors (Lipinski definition) is 0. The van der Waals surface area contributed by atoms with E-state index in [-0.39, 0.29) is 6.10 Å². The van der Waals surface area contributed by atoms with Gasteiger partial charge in [-0.15, -0.1) is 0 Å². The molecule has 78 valence electrons. The number of hydrogen-bond acceptors (Lipinski definition) is 3. The number of nitrogens with zero attached hydrogens (tertiary/aromatic N) is 1. The fourth-order valence-electron chi connectivity index (χ4n) is 1.60. The second-order valence-corrected chi connectivity index (χ2v) is 3.71. The zero-order chi connectivity index (χ0) is 10.7. The number of nitriles is 1. The molecule has 1 aromatic carbocycles. The van der Waals surface area contributed by atoms with Crippen molar-refractivity contribution in [2.75, 3.05) is 13.2 Å². The molecule has 1 fully saturated rings. The third-order valence-corrected chi connectivity index (χ3v) is 2.44. The number of benzene rings is 1. The van der Waals surface area contributed by atoms with E-state index in [1.807, 2.05) is 19.1 Å². The van der Waals surface area contributed by atoms with Crippen molar-refractivity contribution >= 4 is 0 Å². The SMILES string of the molecule is Cc1ccc(C#N)c(OC2CCOC2)c1. The molecule has 1 aliphatic heterocycles. The van der Waals surface area contributed by atoms with E-state index in [1.54, 1.807) is 6.07 Å². The van der Waals surface area contributed by atoms with Crippen molar-refractivity contribution in [2.45, 2.75) is 19.4 Å². The molecule has 15 heavy (non-hydrogen) atoms. The molecule has 1 saturated heterocycles. The lowest BCUT2D eigenvalue weighted by Gasteiger charge is -2.13. The predicted octanol–water partition coefficient (Wildman–Crippen LogP) is 2.03. The predicted molar refractivity (Wildman–Crippen MR) is 55.7 cm³/mol. The third kappa shape index (κ3) is 2.28. The Kier molecular flexibility index (Phi) is 2.89. The summed E-state index contributed by atoms with van der Waals surface area (Å²) < 4.78 is 11.0. The van der Waals surface area contributed by atoms with Crippen LogP contribution in [0.2, 0.25) is 0 Å². The number of aryl methyl sites for hydroxylation is 1. The van der Waals surface area contributed by atoms with Crippen molar-refractivity contribution in [3.05, 3.63) is 29.3 Å². The first-order valence-electron chi connectivity index (χ1n) is 5.05. The van der Waals surface area contributed by atoms with Gasteiger partial charge in [0.1, 0.15) is 17.9 Å². The van der Waals surface area contributed by atoms with Crippen molar-refractivity contribution in [2.24, 2.45) is 0 Å². The van der Waals surface area contributed by atoms with Gasteiger partial charge in [0.15, 0.2) is 0 Å². The molecule has 0 radical (unpaired) electrons. The summed E-state index contributed by atoms with van der Waals surface area (Å²) in [6, 6.07) is 7.74. The van der Waals surface area contributed by atoms with Gasteiger partial charge in [0.2, 0.25) is 0 Å². The summed E-state index contributed by atoms with van der Waals surface area (Å²) in [5.41, 5.74) is 1.69. The lowest BCUT2D eigenvalue weighted by molar-refractivity contribution is 0.141. The second kappa shape index (κ2) is 4.33. The minimum Gasteiger partial charge on any atom is -0.487 e. The Morgan fingerprint density at radius 2 is 2.40 bits per heavy atom. The minimum absolute atomic E-state index is 0.0962. The van der Waals surface area contributed by atoms with Gasteiger partial charge in [-0.25, -0.2) is 0 Å². The Labute approximate surface area is 89.2 Å². The Morgan fingerprint density at radius 3 is 3.07 bits per heavy atom. The standard InChI is InChI=1S/C12H13NO2/c1-9-2-3-10(7-13)12(6-9)15-11-4-5-14-8-11/h2-3,6,11H,4-5,8H2,1H3. The monoisotopic (exact) mass is 203 g/mol. The molecule has 0 amide bonds. The van der Waals surface area contributed by atoms with E-state index in [0.717, 1.165) is 18.6 Å². The summed E-state index contributed by atoms with van der Waals surface area (Å²) >= 11 is 0. The number of rotatable bonds is 2. The maximum absolute atomic E-state index is 8.92.